The maximum atomic E-state index is 10.2. The van der Waals surface area contributed by atoms with Gasteiger partial charge in [-0.3, -0.25) is 0 Å². The van der Waals surface area contributed by atoms with Gasteiger partial charge in [0.05, 0.1) is 0 Å². The molecule has 0 saturated heterocycles. The molecule has 0 amide bonds. The van der Waals surface area contributed by atoms with Crippen molar-refractivity contribution in [1.82, 2.24) is 0 Å². The lowest BCUT2D eigenvalue weighted by Gasteiger charge is -2.02. The third-order valence-electron chi connectivity index (χ3n) is 3.96. The summed E-state index contributed by atoms with van der Waals surface area (Å²) in [5, 5.41) is 8.42. The van der Waals surface area contributed by atoms with Crippen LogP contribution in [0.1, 0.15) is 96.8 Å². The summed E-state index contributed by atoms with van der Waals surface area (Å²) >= 11 is 0. The molecule has 0 radical (unpaired) electrons. The molecule has 2 nitrogen and oxygen atoms in total. The first-order valence-corrected chi connectivity index (χ1v) is 9.33. The zero-order valence-electron chi connectivity index (χ0n) is 14.6. The number of carbonyl (C=O) groups is 1. The summed E-state index contributed by atoms with van der Waals surface area (Å²) in [6.07, 6.45) is 25.6. The fraction of sp³-hybridized carbons (Fsp3) is 0.750. The zero-order chi connectivity index (χ0) is 16.3. The second-order valence-electron chi connectivity index (χ2n) is 6.16. The number of carboxylic acid groups (broad SMARTS) is 1. The molecule has 22 heavy (non-hydrogen) atoms. The average molecular weight is 309 g/mol. The Labute approximate surface area is 137 Å². The monoisotopic (exact) mass is 308 g/mol. The minimum absolute atomic E-state index is 0.884. The van der Waals surface area contributed by atoms with Crippen molar-refractivity contribution < 1.29 is 9.90 Å². The van der Waals surface area contributed by atoms with Crippen LogP contribution in [0.3, 0.4) is 0 Å². The van der Waals surface area contributed by atoms with Gasteiger partial charge in [-0.05, 0) is 12.8 Å². The van der Waals surface area contributed by atoms with Crippen molar-refractivity contribution in [3.8, 4) is 0 Å². The summed E-state index contributed by atoms with van der Waals surface area (Å²) < 4.78 is 0. The van der Waals surface area contributed by atoms with Gasteiger partial charge in [-0.1, -0.05) is 102 Å². The van der Waals surface area contributed by atoms with Crippen LogP contribution in [0, 0.1) is 0 Å². The number of allylic oxidation sites excluding steroid dienone is 3. The molecule has 2 heteroatoms. The summed E-state index contributed by atoms with van der Waals surface area (Å²) in [6, 6.07) is 0. The second kappa shape index (κ2) is 18.0. The molecule has 0 aliphatic rings. The molecule has 0 aromatic carbocycles. The molecule has 0 rings (SSSR count). The van der Waals surface area contributed by atoms with E-state index >= 15 is 0 Å². The van der Waals surface area contributed by atoms with Crippen LogP contribution in [-0.2, 0) is 4.79 Å². The fourth-order valence-corrected chi connectivity index (χ4v) is 2.59. The highest BCUT2D eigenvalue weighted by molar-refractivity contribution is 5.80. The van der Waals surface area contributed by atoms with Gasteiger partial charge in [-0.25, -0.2) is 4.79 Å². The molecule has 0 heterocycles. The minimum atomic E-state index is -0.884. The van der Waals surface area contributed by atoms with Crippen molar-refractivity contribution in [3.05, 3.63) is 24.3 Å². The smallest absolute Gasteiger partial charge is 0.328 e. The Morgan fingerprint density at radius 3 is 1.64 bits per heavy atom. The fourth-order valence-electron chi connectivity index (χ4n) is 2.59. The van der Waals surface area contributed by atoms with E-state index < -0.39 is 5.97 Å². The maximum Gasteiger partial charge on any atom is 0.328 e. The van der Waals surface area contributed by atoms with Gasteiger partial charge in [-0.2, -0.15) is 0 Å². The van der Waals surface area contributed by atoms with E-state index in [1.54, 1.807) is 6.08 Å². The van der Waals surface area contributed by atoms with E-state index in [2.05, 4.69) is 13.0 Å². The van der Waals surface area contributed by atoms with Crippen molar-refractivity contribution in [2.75, 3.05) is 0 Å². The van der Waals surface area contributed by atoms with Gasteiger partial charge in [-0.15, -0.1) is 0 Å². The molecule has 0 unspecified atom stereocenters. The number of hydrogen-bond acceptors (Lipinski definition) is 1. The van der Waals surface area contributed by atoms with E-state index in [4.69, 9.17) is 5.11 Å². The quantitative estimate of drug-likeness (QED) is 0.196. The Bertz CT molecular complexity index is 292. The maximum absolute atomic E-state index is 10.2. The summed E-state index contributed by atoms with van der Waals surface area (Å²) in [4.78, 5) is 10.2. The lowest BCUT2D eigenvalue weighted by molar-refractivity contribution is -0.131. The Balaban J connectivity index is 3.10. The molecule has 0 aliphatic heterocycles. The Hall–Kier alpha value is -1.05. The first-order chi connectivity index (χ1) is 10.8. The molecule has 0 spiro atoms. The molecule has 0 aromatic heterocycles. The molecule has 0 fully saturated rings. The molecule has 0 bridgehead atoms. The molecule has 128 valence electrons. The van der Waals surface area contributed by atoms with E-state index in [9.17, 15) is 4.79 Å². The van der Waals surface area contributed by atoms with Crippen LogP contribution in [0.15, 0.2) is 24.3 Å². The largest absolute Gasteiger partial charge is 0.478 e. The van der Waals surface area contributed by atoms with Crippen molar-refractivity contribution in [1.29, 1.82) is 0 Å². The Morgan fingerprint density at radius 1 is 0.727 bits per heavy atom. The predicted molar refractivity (Wildman–Crippen MR) is 96.2 cm³/mol. The molecule has 1 N–H and O–H groups in total. The Kier molecular flexibility index (Phi) is 17.1. The SMILES string of the molecule is CCCCCCCCCCCCCCCC=C/C=C/C(=O)O. The van der Waals surface area contributed by atoms with Crippen molar-refractivity contribution in [2.45, 2.75) is 96.8 Å². The van der Waals surface area contributed by atoms with Crippen LogP contribution in [0.4, 0.5) is 0 Å². The number of carboxylic acids is 1. The topological polar surface area (TPSA) is 37.3 Å². The first kappa shape index (κ1) is 20.9. The van der Waals surface area contributed by atoms with Gasteiger partial charge in [0.1, 0.15) is 0 Å². The standard InChI is InChI=1S/C20H36O2/c1-2-3-4-5-6-7-8-9-10-11-12-13-14-15-16-17-18-19-20(21)22/h16-19H,2-15H2,1H3,(H,21,22)/b17-16?,19-18+. The summed E-state index contributed by atoms with van der Waals surface area (Å²) in [5.41, 5.74) is 0. The van der Waals surface area contributed by atoms with Crippen LogP contribution >= 0.6 is 0 Å². The highest BCUT2D eigenvalue weighted by Gasteiger charge is 1.93. The van der Waals surface area contributed by atoms with Crippen molar-refractivity contribution >= 4 is 5.97 Å². The van der Waals surface area contributed by atoms with Crippen LogP contribution in [0.5, 0.6) is 0 Å². The Morgan fingerprint density at radius 2 is 1.18 bits per heavy atom. The highest BCUT2D eigenvalue weighted by Crippen LogP contribution is 2.12. The number of hydrogen-bond donors (Lipinski definition) is 1. The summed E-state index contributed by atoms with van der Waals surface area (Å²) in [5.74, 6) is -0.884. The summed E-state index contributed by atoms with van der Waals surface area (Å²) in [7, 11) is 0. The molecule has 0 aromatic rings. The van der Waals surface area contributed by atoms with Crippen LogP contribution in [0.2, 0.25) is 0 Å². The van der Waals surface area contributed by atoms with Crippen LogP contribution in [-0.4, -0.2) is 11.1 Å². The normalized spacial score (nSPS) is 11.7. The zero-order valence-corrected chi connectivity index (χ0v) is 14.6. The lowest BCUT2D eigenvalue weighted by atomic mass is 10.0. The van der Waals surface area contributed by atoms with E-state index in [1.807, 2.05) is 6.08 Å². The van der Waals surface area contributed by atoms with Gasteiger partial charge in [0.15, 0.2) is 0 Å². The van der Waals surface area contributed by atoms with Gasteiger partial charge in [0.2, 0.25) is 0 Å². The van der Waals surface area contributed by atoms with Gasteiger partial charge < -0.3 is 5.11 Å². The van der Waals surface area contributed by atoms with E-state index in [0.29, 0.717) is 0 Å². The van der Waals surface area contributed by atoms with Gasteiger partial charge in [0, 0.05) is 6.08 Å². The predicted octanol–water partition coefficient (Wildman–Crippen LogP) is 6.66. The van der Waals surface area contributed by atoms with E-state index in [1.165, 1.54) is 89.5 Å². The summed E-state index contributed by atoms with van der Waals surface area (Å²) in [6.45, 7) is 2.27. The van der Waals surface area contributed by atoms with Crippen LogP contribution < -0.4 is 0 Å². The third-order valence-corrected chi connectivity index (χ3v) is 3.96. The second-order valence-corrected chi connectivity index (χ2v) is 6.16. The average Bonchev–Trinajstić information content (AvgIpc) is 2.50. The third kappa shape index (κ3) is 18.9. The van der Waals surface area contributed by atoms with Gasteiger partial charge in [0.25, 0.3) is 0 Å². The number of unbranched alkanes of at least 4 members (excludes halogenated alkanes) is 13. The van der Waals surface area contributed by atoms with Crippen LogP contribution in [0.25, 0.3) is 0 Å². The molecular weight excluding hydrogens is 272 g/mol. The molecular formula is C20H36O2. The number of rotatable bonds is 16. The van der Waals surface area contributed by atoms with E-state index in [0.717, 1.165) is 6.42 Å². The number of aliphatic carboxylic acids is 1. The van der Waals surface area contributed by atoms with Crippen molar-refractivity contribution in [2.24, 2.45) is 0 Å². The van der Waals surface area contributed by atoms with Crippen molar-refractivity contribution in [3.63, 3.8) is 0 Å². The van der Waals surface area contributed by atoms with Gasteiger partial charge >= 0.3 is 5.97 Å². The minimum Gasteiger partial charge on any atom is -0.478 e. The molecule has 0 aliphatic carbocycles. The molecule has 0 saturated carbocycles. The first-order valence-electron chi connectivity index (χ1n) is 9.33. The van der Waals surface area contributed by atoms with E-state index in [-0.39, 0.29) is 0 Å². The lowest BCUT2D eigenvalue weighted by Crippen LogP contribution is -1.84. The molecule has 0 atom stereocenters. The highest BCUT2D eigenvalue weighted by atomic mass is 16.4.